The number of benzene rings is 1. The van der Waals surface area contributed by atoms with E-state index in [0.717, 1.165) is 24.2 Å². The van der Waals surface area contributed by atoms with E-state index in [9.17, 15) is 5.11 Å². The zero-order valence-corrected chi connectivity index (χ0v) is 9.63. The standard InChI is InChI=1S/C12H15NOS/c1-2-10(7-8-15-9-13)11-5-3-4-6-12(11)14/h3-6,10,14H,2,7-8H2,1H3. The second-order valence-corrected chi connectivity index (χ2v) is 4.27. The van der Waals surface area contributed by atoms with Gasteiger partial charge in [0, 0.05) is 5.75 Å². The van der Waals surface area contributed by atoms with E-state index in [1.165, 1.54) is 11.8 Å². The largest absolute Gasteiger partial charge is 0.508 e. The summed E-state index contributed by atoms with van der Waals surface area (Å²) in [5.41, 5.74) is 0.999. The van der Waals surface area contributed by atoms with Crippen LogP contribution in [0.2, 0.25) is 0 Å². The normalized spacial score (nSPS) is 12.0. The van der Waals surface area contributed by atoms with Gasteiger partial charge in [0.2, 0.25) is 0 Å². The molecular weight excluding hydrogens is 206 g/mol. The number of rotatable bonds is 5. The predicted octanol–water partition coefficient (Wildman–Crippen LogP) is 3.49. The summed E-state index contributed by atoms with van der Waals surface area (Å²) in [6.45, 7) is 2.11. The summed E-state index contributed by atoms with van der Waals surface area (Å²) in [6, 6.07) is 7.45. The number of nitrogens with zero attached hydrogens (tertiary/aromatic N) is 1. The number of aromatic hydroxyl groups is 1. The molecule has 0 spiro atoms. The molecule has 0 radical (unpaired) electrons. The van der Waals surface area contributed by atoms with E-state index < -0.39 is 0 Å². The summed E-state index contributed by atoms with van der Waals surface area (Å²) >= 11 is 1.28. The van der Waals surface area contributed by atoms with Crippen LogP contribution in [0.3, 0.4) is 0 Å². The molecule has 0 amide bonds. The Morgan fingerprint density at radius 3 is 2.80 bits per heavy atom. The number of phenolic OH excluding ortho intramolecular Hbond substituents is 1. The topological polar surface area (TPSA) is 44.0 Å². The molecular formula is C12H15NOS. The number of hydrogen-bond acceptors (Lipinski definition) is 3. The van der Waals surface area contributed by atoms with Crippen molar-refractivity contribution in [2.45, 2.75) is 25.7 Å². The molecule has 15 heavy (non-hydrogen) atoms. The number of nitriles is 1. The first-order valence-corrected chi connectivity index (χ1v) is 6.07. The van der Waals surface area contributed by atoms with Crippen molar-refractivity contribution in [3.63, 3.8) is 0 Å². The maximum Gasteiger partial charge on any atom is 0.133 e. The van der Waals surface area contributed by atoms with E-state index in [1.807, 2.05) is 18.2 Å². The lowest BCUT2D eigenvalue weighted by molar-refractivity contribution is 0.457. The van der Waals surface area contributed by atoms with Crippen molar-refractivity contribution in [3.05, 3.63) is 29.8 Å². The molecule has 0 aliphatic heterocycles. The van der Waals surface area contributed by atoms with Gasteiger partial charge in [0.05, 0.1) is 0 Å². The molecule has 0 saturated carbocycles. The highest BCUT2D eigenvalue weighted by Gasteiger charge is 2.12. The van der Waals surface area contributed by atoms with Gasteiger partial charge in [0.25, 0.3) is 0 Å². The van der Waals surface area contributed by atoms with Crippen molar-refractivity contribution < 1.29 is 5.11 Å². The van der Waals surface area contributed by atoms with Crippen molar-refractivity contribution in [1.29, 1.82) is 5.26 Å². The molecule has 0 aromatic heterocycles. The van der Waals surface area contributed by atoms with Gasteiger partial charge in [-0.3, -0.25) is 0 Å². The average Bonchev–Trinajstić information content (AvgIpc) is 2.26. The summed E-state index contributed by atoms with van der Waals surface area (Å²) in [5, 5.41) is 20.2. The molecule has 1 unspecified atom stereocenters. The lowest BCUT2D eigenvalue weighted by atomic mass is 9.93. The van der Waals surface area contributed by atoms with Crippen LogP contribution in [0.15, 0.2) is 24.3 Å². The molecule has 3 heteroatoms. The molecule has 1 atom stereocenters. The Balaban J connectivity index is 2.66. The van der Waals surface area contributed by atoms with E-state index in [2.05, 4.69) is 12.3 Å². The maximum absolute atomic E-state index is 9.70. The second-order valence-electron chi connectivity index (χ2n) is 3.39. The Bertz CT molecular complexity index is 346. The van der Waals surface area contributed by atoms with E-state index in [4.69, 9.17) is 5.26 Å². The molecule has 0 aliphatic rings. The Kier molecular flexibility index (Phi) is 5.06. The molecule has 0 fully saturated rings. The molecule has 1 N–H and O–H groups in total. The molecule has 0 aliphatic carbocycles. The zero-order chi connectivity index (χ0) is 11.1. The van der Waals surface area contributed by atoms with Crippen LogP contribution in [0.25, 0.3) is 0 Å². The first kappa shape index (κ1) is 11.9. The maximum atomic E-state index is 9.70. The summed E-state index contributed by atoms with van der Waals surface area (Å²) in [6.07, 6.45) is 1.93. The predicted molar refractivity (Wildman–Crippen MR) is 63.8 cm³/mol. The highest BCUT2D eigenvalue weighted by Crippen LogP contribution is 2.31. The van der Waals surface area contributed by atoms with Gasteiger partial charge >= 0.3 is 0 Å². The van der Waals surface area contributed by atoms with Crippen molar-refractivity contribution in [2.75, 3.05) is 5.75 Å². The van der Waals surface area contributed by atoms with Crippen LogP contribution in [-0.4, -0.2) is 10.9 Å². The monoisotopic (exact) mass is 221 g/mol. The van der Waals surface area contributed by atoms with E-state index in [-0.39, 0.29) is 0 Å². The van der Waals surface area contributed by atoms with Crippen molar-refractivity contribution in [3.8, 4) is 11.2 Å². The number of hydrogen-bond donors (Lipinski definition) is 1. The first-order valence-electron chi connectivity index (χ1n) is 5.08. The fourth-order valence-electron chi connectivity index (χ4n) is 1.66. The lowest BCUT2D eigenvalue weighted by Crippen LogP contribution is -1.99. The van der Waals surface area contributed by atoms with Crippen LogP contribution in [0.1, 0.15) is 31.2 Å². The van der Waals surface area contributed by atoms with Crippen LogP contribution in [0.4, 0.5) is 0 Å². The molecule has 80 valence electrons. The van der Waals surface area contributed by atoms with Gasteiger partial charge in [-0.25, -0.2) is 0 Å². The first-order chi connectivity index (χ1) is 7.29. The number of para-hydroxylation sites is 1. The fourth-order valence-corrected chi connectivity index (χ4v) is 2.15. The Labute approximate surface area is 94.9 Å². The van der Waals surface area contributed by atoms with Gasteiger partial charge in [0.1, 0.15) is 11.2 Å². The van der Waals surface area contributed by atoms with Crippen LogP contribution in [0, 0.1) is 10.7 Å². The smallest absolute Gasteiger partial charge is 0.133 e. The molecule has 0 bridgehead atoms. The minimum atomic E-state index is 0.354. The fraction of sp³-hybridized carbons (Fsp3) is 0.417. The quantitative estimate of drug-likeness (QED) is 0.611. The van der Waals surface area contributed by atoms with E-state index >= 15 is 0 Å². The Morgan fingerprint density at radius 2 is 2.20 bits per heavy atom. The Hall–Kier alpha value is -1.14. The van der Waals surface area contributed by atoms with Crippen molar-refractivity contribution >= 4 is 11.8 Å². The minimum Gasteiger partial charge on any atom is -0.508 e. The molecule has 0 saturated heterocycles. The van der Waals surface area contributed by atoms with Crippen molar-refractivity contribution in [1.82, 2.24) is 0 Å². The van der Waals surface area contributed by atoms with Gasteiger partial charge in [-0.15, -0.1) is 0 Å². The third-order valence-electron chi connectivity index (χ3n) is 2.50. The van der Waals surface area contributed by atoms with Gasteiger partial charge in [-0.1, -0.05) is 25.1 Å². The van der Waals surface area contributed by atoms with Gasteiger partial charge in [0.15, 0.2) is 0 Å². The molecule has 2 nitrogen and oxygen atoms in total. The third-order valence-corrected chi connectivity index (χ3v) is 3.07. The van der Waals surface area contributed by atoms with Crippen LogP contribution in [-0.2, 0) is 0 Å². The van der Waals surface area contributed by atoms with E-state index in [1.54, 1.807) is 6.07 Å². The van der Waals surface area contributed by atoms with Gasteiger partial charge in [-0.05, 0) is 42.2 Å². The Morgan fingerprint density at radius 1 is 1.47 bits per heavy atom. The van der Waals surface area contributed by atoms with Crippen LogP contribution >= 0.6 is 11.8 Å². The highest BCUT2D eigenvalue weighted by atomic mass is 32.2. The molecule has 0 heterocycles. The molecule has 1 aromatic rings. The van der Waals surface area contributed by atoms with Gasteiger partial charge < -0.3 is 5.11 Å². The lowest BCUT2D eigenvalue weighted by Gasteiger charge is -2.15. The summed E-state index contributed by atoms with van der Waals surface area (Å²) in [7, 11) is 0. The number of thioether (sulfide) groups is 1. The minimum absolute atomic E-state index is 0.354. The SMILES string of the molecule is CCC(CCSC#N)c1ccccc1O. The number of phenols is 1. The third kappa shape index (κ3) is 3.49. The van der Waals surface area contributed by atoms with Crippen LogP contribution in [0.5, 0.6) is 5.75 Å². The van der Waals surface area contributed by atoms with E-state index in [0.29, 0.717) is 11.7 Å². The average molecular weight is 221 g/mol. The van der Waals surface area contributed by atoms with Crippen LogP contribution < -0.4 is 0 Å². The second kappa shape index (κ2) is 6.36. The molecule has 1 rings (SSSR count). The summed E-state index contributed by atoms with van der Waals surface area (Å²) < 4.78 is 0. The molecule has 1 aromatic carbocycles. The highest BCUT2D eigenvalue weighted by molar-refractivity contribution is 8.03. The zero-order valence-electron chi connectivity index (χ0n) is 8.81. The summed E-state index contributed by atoms with van der Waals surface area (Å²) in [5.74, 6) is 1.54. The van der Waals surface area contributed by atoms with Gasteiger partial charge in [-0.2, -0.15) is 5.26 Å². The van der Waals surface area contributed by atoms with Crippen molar-refractivity contribution in [2.24, 2.45) is 0 Å². The number of thiocyanates is 1. The summed E-state index contributed by atoms with van der Waals surface area (Å²) in [4.78, 5) is 0.